The Bertz CT molecular complexity index is 319. The lowest BCUT2D eigenvalue weighted by molar-refractivity contribution is -0.154. The molecule has 0 aromatic carbocycles. The van der Waals surface area contributed by atoms with Gasteiger partial charge in [-0.3, -0.25) is 4.79 Å². The van der Waals surface area contributed by atoms with Crippen molar-refractivity contribution in [1.29, 1.82) is 0 Å². The van der Waals surface area contributed by atoms with E-state index in [4.69, 9.17) is 0 Å². The summed E-state index contributed by atoms with van der Waals surface area (Å²) < 4.78 is 0. The van der Waals surface area contributed by atoms with E-state index in [-0.39, 0.29) is 5.41 Å². The first kappa shape index (κ1) is 17.5. The molecule has 3 nitrogen and oxygen atoms in total. The Morgan fingerprint density at radius 2 is 1.95 bits per heavy atom. The molecule has 0 aromatic rings. The summed E-state index contributed by atoms with van der Waals surface area (Å²) in [6, 6.07) is 0. The number of hydrogen-bond donors (Lipinski definition) is 2. The number of aliphatic hydroxyl groups is 1. The van der Waals surface area contributed by atoms with E-state index in [1.807, 2.05) is 0 Å². The molecule has 0 aromatic heterocycles. The van der Waals surface area contributed by atoms with Crippen LogP contribution >= 0.6 is 0 Å². The molecular formula is C17H32O3. The summed E-state index contributed by atoms with van der Waals surface area (Å²) in [6.45, 7) is 8.79. The molecule has 0 heterocycles. The minimum atomic E-state index is -0.999. The maximum absolute atomic E-state index is 11.5. The summed E-state index contributed by atoms with van der Waals surface area (Å²) in [5.74, 6) is -0.839. The van der Waals surface area contributed by atoms with Crippen molar-refractivity contribution >= 4 is 5.97 Å². The first-order valence-electron chi connectivity index (χ1n) is 8.16. The van der Waals surface area contributed by atoms with E-state index in [0.717, 1.165) is 32.1 Å². The molecule has 3 atom stereocenters. The standard InChI is InChI=1S/C17H32O3/c1-5-6-9-14(15(18)19)17(20)11-7-8-13(10-12-17)16(2,3)4/h13-14,20H,5-12H2,1-4H3,(H,18,19). The van der Waals surface area contributed by atoms with Crippen molar-refractivity contribution < 1.29 is 15.0 Å². The average Bonchev–Trinajstić information content (AvgIpc) is 2.51. The second kappa shape index (κ2) is 6.93. The lowest BCUT2D eigenvalue weighted by Crippen LogP contribution is -2.42. The first-order valence-corrected chi connectivity index (χ1v) is 8.16. The van der Waals surface area contributed by atoms with Crippen LogP contribution in [0.4, 0.5) is 0 Å². The highest BCUT2D eigenvalue weighted by Gasteiger charge is 2.43. The zero-order chi connectivity index (χ0) is 15.4. The summed E-state index contributed by atoms with van der Waals surface area (Å²) in [6.07, 6.45) is 6.71. The van der Waals surface area contributed by atoms with E-state index in [1.54, 1.807) is 0 Å². The van der Waals surface area contributed by atoms with Crippen LogP contribution in [0.25, 0.3) is 0 Å². The largest absolute Gasteiger partial charge is 0.481 e. The number of rotatable bonds is 5. The van der Waals surface area contributed by atoms with Crippen molar-refractivity contribution in [3.8, 4) is 0 Å². The van der Waals surface area contributed by atoms with Crippen LogP contribution in [0.5, 0.6) is 0 Å². The van der Waals surface area contributed by atoms with Crippen LogP contribution in [0, 0.1) is 17.3 Å². The second-order valence-electron chi connectivity index (χ2n) is 7.63. The van der Waals surface area contributed by atoms with Crippen molar-refractivity contribution in [3.63, 3.8) is 0 Å². The third-order valence-corrected chi connectivity index (χ3v) is 5.11. The maximum atomic E-state index is 11.5. The van der Waals surface area contributed by atoms with Crippen molar-refractivity contribution in [3.05, 3.63) is 0 Å². The molecule has 0 saturated heterocycles. The van der Waals surface area contributed by atoms with Gasteiger partial charge in [0.1, 0.15) is 0 Å². The minimum Gasteiger partial charge on any atom is -0.481 e. The topological polar surface area (TPSA) is 57.5 Å². The fraction of sp³-hybridized carbons (Fsp3) is 0.941. The molecular weight excluding hydrogens is 252 g/mol. The van der Waals surface area contributed by atoms with Crippen molar-refractivity contribution in [2.45, 2.75) is 84.7 Å². The number of carboxylic acid groups (broad SMARTS) is 1. The summed E-state index contributed by atoms with van der Waals surface area (Å²) in [7, 11) is 0. The molecule has 20 heavy (non-hydrogen) atoms. The van der Waals surface area contributed by atoms with Crippen molar-refractivity contribution in [2.24, 2.45) is 17.3 Å². The summed E-state index contributed by atoms with van der Waals surface area (Å²) in [5, 5.41) is 20.4. The van der Waals surface area contributed by atoms with E-state index >= 15 is 0 Å². The molecule has 1 saturated carbocycles. The summed E-state index contributed by atoms with van der Waals surface area (Å²) in [5.41, 5.74) is -0.756. The number of unbranched alkanes of at least 4 members (excludes halogenated alkanes) is 1. The number of hydrogen-bond acceptors (Lipinski definition) is 2. The average molecular weight is 284 g/mol. The first-order chi connectivity index (χ1) is 9.20. The highest BCUT2D eigenvalue weighted by Crippen LogP contribution is 2.43. The molecule has 3 unspecified atom stereocenters. The van der Waals surface area contributed by atoms with E-state index in [0.29, 0.717) is 25.2 Å². The van der Waals surface area contributed by atoms with Gasteiger partial charge in [-0.2, -0.15) is 0 Å². The Morgan fingerprint density at radius 3 is 2.45 bits per heavy atom. The highest BCUT2D eigenvalue weighted by molar-refractivity contribution is 5.71. The fourth-order valence-electron chi connectivity index (χ4n) is 3.59. The monoisotopic (exact) mass is 284 g/mol. The molecule has 0 aliphatic heterocycles. The van der Waals surface area contributed by atoms with Crippen LogP contribution in [-0.4, -0.2) is 21.8 Å². The Labute approximate surface area is 123 Å². The minimum absolute atomic E-state index is 0.243. The molecule has 1 aliphatic rings. The molecule has 1 rings (SSSR count). The highest BCUT2D eigenvalue weighted by atomic mass is 16.4. The normalized spacial score (nSPS) is 29.8. The van der Waals surface area contributed by atoms with Crippen LogP contribution in [0.1, 0.15) is 79.1 Å². The second-order valence-corrected chi connectivity index (χ2v) is 7.63. The van der Waals surface area contributed by atoms with Gasteiger partial charge in [0.05, 0.1) is 11.5 Å². The fourth-order valence-corrected chi connectivity index (χ4v) is 3.59. The van der Waals surface area contributed by atoms with Gasteiger partial charge in [-0.25, -0.2) is 0 Å². The molecule has 0 radical (unpaired) electrons. The molecule has 3 heteroatoms. The molecule has 0 amide bonds. The lowest BCUT2D eigenvalue weighted by Gasteiger charge is -2.34. The predicted octanol–water partition coefficient (Wildman–Crippen LogP) is 4.23. The van der Waals surface area contributed by atoms with Crippen LogP contribution in [0.2, 0.25) is 0 Å². The van der Waals surface area contributed by atoms with Crippen LogP contribution in [0.3, 0.4) is 0 Å². The quantitative estimate of drug-likeness (QED) is 0.743. The van der Waals surface area contributed by atoms with Gasteiger partial charge in [-0.15, -0.1) is 0 Å². The predicted molar refractivity (Wildman–Crippen MR) is 81.6 cm³/mol. The van der Waals surface area contributed by atoms with Gasteiger partial charge < -0.3 is 10.2 Å². The summed E-state index contributed by atoms with van der Waals surface area (Å²) >= 11 is 0. The van der Waals surface area contributed by atoms with Gasteiger partial charge in [0.15, 0.2) is 0 Å². The number of carbonyl (C=O) groups is 1. The van der Waals surface area contributed by atoms with Crippen LogP contribution in [0.15, 0.2) is 0 Å². The molecule has 1 fully saturated rings. The van der Waals surface area contributed by atoms with Crippen LogP contribution < -0.4 is 0 Å². The lowest BCUT2D eigenvalue weighted by atomic mass is 9.75. The van der Waals surface area contributed by atoms with Crippen molar-refractivity contribution in [1.82, 2.24) is 0 Å². The van der Waals surface area contributed by atoms with E-state index in [2.05, 4.69) is 27.7 Å². The third-order valence-electron chi connectivity index (χ3n) is 5.11. The Kier molecular flexibility index (Phi) is 6.06. The van der Waals surface area contributed by atoms with Gasteiger partial charge in [-0.1, -0.05) is 47.0 Å². The molecule has 1 aliphatic carbocycles. The van der Waals surface area contributed by atoms with Crippen molar-refractivity contribution in [2.75, 3.05) is 0 Å². The molecule has 0 bridgehead atoms. The number of aliphatic carboxylic acids is 1. The zero-order valence-electron chi connectivity index (χ0n) is 13.6. The van der Waals surface area contributed by atoms with Gasteiger partial charge in [-0.05, 0) is 43.4 Å². The smallest absolute Gasteiger partial charge is 0.309 e. The summed E-state index contributed by atoms with van der Waals surface area (Å²) in [4.78, 5) is 11.5. The number of carboxylic acids is 1. The van der Waals surface area contributed by atoms with E-state index < -0.39 is 17.5 Å². The van der Waals surface area contributed by atoms with Gasteiger partial charge >= 0.3 is 5.97 Å². The Hall–Kier alpha value is -0.570. The SMILES string of the molecule is CCCCC(C(=O)O)C1(O)CCCC(C(C)(C)C)CC1. The van der Waals surface area contributed by atoms with E-state index in [9.17, 15) is 15.0 Å². The molecule has 118 valence electrons. The van der Waals surface area contributed by atoms with Gasteiger partial charge in [0.2, 0.25) is 0 Å². The zero-order valence-corrected chi connectivity index (χ0v) is 13.6. The Morgan fingerprint density at radius 1 is 1.30 bits per heavy atom. The van der Waals surface area contributed by atoms with Gasteiger partial charge in [0, 0.05) is 0 Å². The third kappa shape index (κ3) is 4.47. The maximum Gasteiger partial charge on any atom is 0.309 e. The van der Waals surface area contributed by atoms with Gasteiger partial charge in [0.25, 0.3) is 0 Å². The molecule has 2 N–H and O–H groups in total. The Balaban J connectivity index is 2.78. The van der Waals surface area contributed by atoms with Crippen LogP contribution in [-0.2, 0) is 4.79 Å². The molecule has 0 spiro atoms. The van der Waals surface area contributed by atoms with E-state index in [1.165, 1.54) is 0 Å².